The number of Topliss-reactive ketones (excluding diaryl/α,β-unsaturated/α-hetero) is 1. The van der Waals surface area contributed by atoms with Crippen molar-refractivity contribution >= 4 is 17.2 Å². The lowest BCUT2D eigenvalue weighted by Crippen LogP contribution is -2.21. The molecule has 1 N–H and O–H groups in total. The third-order valence-electron chi connectivity index (χ3n) is 3.28. The van der Waals surface area contributed by atoms with Gasteiger partial charge in [0, 0.05) is 24.2 Å². The van der Waals surface area contributed by atoms with E-state index in [9.17, 15) is 14.9 Å². The van der Waals surface area contributed by atoms with Gasteiger partial charge >= 0.3 is 0 Å². The Balaban J connectivity index is 1.86. The van der Waals surface area contributed by atoms with E-state index in [1.807, 2.05) is 0 Å². The molecule has 1 unspecified atom stereocenters. The highest BCUT2D eigenvalue weighted by Crippen LogP contribution is 2.23. The maximum absolute atomic E-state index is 12.5. The van der Waals surface area contributed by atoms with E-state index in [2.05, 4.69) is 10.5 Å². The van der Waals surface area contributed by atoms with Crippen molar-refractivity contribution < 1.29 is 14.1 Å². The summed E-state index contributed by atoms with van der Waals surface area (Å²) in [5.74, 6) is 0.146. The number of nitro groups is 1. The van der Waals surface area contributed by atoms with Gasteiger partial charge in [-0.05, 0) is 24.3 Å². The van der Waals surface area contributed by atoms with E-state index < -0.39 is 4.92 Å². The monoisotopic (exact) mass is 285 g/mol. The molecule has 0 saturated carbocycles. The number of nitrogens with one attached hydrogen (secondary N) is 1. The molecule has 1 aliphatic heterocycles. The lowest BCUT2D eigenvalue weighted by atomic mass is 9.94. The van der Waals surface area contributed by atoms with Gasteiger partial charge in [0.15, 0.2) is 0 Å². The van der Waals surface area contributed by atoms with E-state index in [1.165, 1.54) is 24.3 Å². The molecule has 1 aromatic carbocycles. The average Bonchev–Trinajstić information content (AvgIpc) is 3.17. The highest BCUT2D eigenvalue weighted by Gasteiger charge is 2.31. The third-order valence-corrected chi connectivity index (χ3v) is 3.28. The van der Waals surface area contributed by atoms with Gasteiger partial charge in [0.1, 0.15) is 11.5 Å². The summed E-state index contributed by atoms with van der Waals surface area (Å²) in [4.78, 5) is 22.6. The Morgan fingerprint density at radius 1 is 1.33 bits per heavy atom. The maximum Gasteiger partial charge on any atom is 0.269 e. The zero-order valence-corrected chi connectivity index (χ0v) is 10.9. The topological polar surface area (TPSA) is 97.7 Å². The van der Waals surface area contributed by atoms with Crippen molar-refractivity contribution in [3.8, 4) is 0 Å². The van der Waals surface area contributed by atoms with E-state index >= 15 is 0 Å². The van der Waals surface area contributed by atoms with Crippen LogP contribution in [0.3, 0.4) is 0 Å². The lowest BCUT2D eigenvalue weighted by molar-refractivity contribution is -0.384. The second kappa shape index (κ2) is 5.20. The van der Waals surface area contributed by atoms with Gasteiger partial charge in [-0.2, -0.15) is 5.10 Å². The Morgan fingerprint density at radius 3 is 2.71 bits per heavy atom. The van der Waals surface area contributed by atoms with Crippen molar-refractivity contribution in [1.29, 1.82) is 0 Å². The normalized spacial score (nSPS) is 17.1. The fraction of sp³-hybridized carbons (Fsp3) is 0.143. The van der Waals surface area contributed by atoms with E-state index in [0.717, 1.165) is 0 Å². The number of hydrogen-bond acceptors (Lipinski definition) is 6. The summed E-state index contributed by atoms with van der Waals surface area (Å²) in [6.07, 6.45) is 1.54. The number of nitro benzene ring substituents is 1. The molecule has 3 rings (SSSR count). The quantitative estimate of drug-likeness (QED) is 0.527. The number of benzene rings is 1. The summed E-state index contributed by atoms with van der Waals surface area (Å²) in [5, 5.41) is 14.7. The van der Waals surface area contributed by atoms with E-state index in [0.29, 0.717) is 23.6 Å². The van der Waals surface area contributed by atoms with Crippen LogP contribution < -0.4 is 5.43 Å². The highest BCUT2D eigenvalue weighted by atomic mass is 16.6. The molecule has 106 valence electrons. The smallest absolute Gasteiger partial charge is 0.269 e. The summed E-state index contributed by atoms with van der Waals surface area (Å²) in [5.41, 5.74) is 3.44. The number of furan rings is 1. The molecule has 1 aliphatic rings. The average molecular weight is 285 g/mol. The van der Waals surface area contributed by atoms with Crippen molar-refractivity contribution in [3.05, 3.63) is 64.1 Å². The van der Waals surface area contributed by atoms with Gasteiger partial charge < -0.3 is 9.84 Å². The molecule has 0 fully saturated rings. The fourth-order valence-electron chi connectivity index (χ4n) is 2.21. The number of carbonyl (C=O) groups is 1. The second-order valence-electron chi connectivity index (χ2n) is 4.56. The summed E-state index contributed by atoms with van der Waals surface area (Å²) in [6, 6.07) is 9.01. The van der Waals surface area contributed by atoms with E-state index in [1.54, 1.807) is 18.4 Å². The Kier molecular flexibility index (Phi) is 3.23. The molecule has 7 heteroatoms. The van der Waals surface area contributed by atoms with E-state index in [4.69, 9.17) is 4.42 Å². The Hall–Kier alpha value is -2.96. The van der Waals surface area contributed by atoms with Gasteiger partial charge in [0.05, 0.1) is 17.1 Å². The molecule has 0 amide bonds. The number of hydrazone groups is 1. The van der Waals surface area contributed by atoms with Gasteiger partial charge in [-0.3, -0.25) is 14.9 Å². The van der Waals surface area contributed by atoms with Crippen molar-refractivity contribution in [2.24, 2.45) is 5.10 Å². The van der Waals surface area contributed by atoms with Crippen LogP contribution >= 0.6 is 0 Å². The molecule has 2 aromatic rings. The SMILES string of the molecule is O=C(C1=NNCC1c1ccco1)c1ccc([N+](=O)[O-])cc1. The summed E-state index contributed by atoms with van der Waals surface area (Å²) < 4.78 is 5.32. The van der Waals surface area contributed by atoms with Crippen LogP contribution in [0.25, 0.3) is 0 Å². The zero-order valence-electron chi connectivity index (χ0n) is 10.9. The van der Waals surface area contributed by atoms with Crippen molar-refractivity contribution in [3.63, 3.8) is 0 Å². The van der Waals surface area contributed by atoms with Crippen LogP contribution in [-0.4, -0.2) is 23.0 Å². The molecule has 0 saturated heterocycles. The molecule has 0 radical (unpaired) electrons. The number of hydrogen-bond donors (Lipinski definition) is 1. The lowest BCUT2D eigenvalue weighted by Gasteiger charge is -2.08. The van der Waals surface area contributed by atoms with Crippen LogP contribution in [-0.2, 0) is 0 Å². The van der Waals surface area contributed by atoms with Crippen molar-refractivity contribution in [1.82, 2.24) is 5.43 Å². The van der Waals surface area contributed by atoms with Crippen LogP contribution in [0, 0.1) is 10.1 Å². The molecule has 0 aliphatic carbocycles. The molecular formula is C14H11N3O4. The molecule has 1 atom stereocenters. The standard InChI is InChI=1S/C14H11N3O4/c18-14(9-3-5-10(6-4-9)17(19)20)13-11(8-15-16-13)12-2-1-7-21-12/h1-7,11,15H,8H2. The number of nitrogens with zero attached hydrogens (tertiary/aromatic N) is 2. The molecular weight excluding hydrogens is 274 g/mol. The van der Waals surface area contributed by atoms with Crippen LogP contribution in [0.15, 0.2) is 52.2 Å². The van der Waals surface area contributed by atoms with Crippen LogP contribution in [0.1, 0.15) is 22.0 Å². The summed E-state index contributed by atoms with van der Waals surface area (Å²) in [7, 11) is 0. The first-order chi connectivity index (χ1) is 10.2. The Bertz CT molecular complexity index is 704. The first kappa shape index (κ1) is 13.0. The van der Waals surface area contributed by atoms with Crippen molar-refractivity contribution in [2.75, 3.05) is 6.54 Å². The van der Waals surface area contributed by atoms with Crippen LogP contribution in [0.5, 0.6) is 0 Å². The number of carbonyl (C=O) groups excluding carboxylic acids is 1. The van der Waals surface area contributed by atoms with Crippen LogP contribution in [0.2, 0.25) is 0 Å². The Morgan fingerprint density at radius 2 is 2.10 bits per heavy atom. The molecule has 0 bridgehead atoms. The first-order valence-corrected chi connectivity index (χ1v) is 6.30. The van der Waals surface area contributed by atoms with Gasteiger partial charge in [-0.15, -0.1) is 0 Å². The largest absolute Gasteiger partial charge is 0.469 e. The number of rotatable bonds is 4. The van der Waals surface area contributed by atoms with Crippen LogP contribution in [0.4, 0.5) is 5.69 Å². The minimum atomic E-state index is -0.505. The molecule has 0 spiro atoms. The first-order valence-electron chi connectivity index (χ1n) is 6.30. The maximum atomic E-state index is 12.5. The number of non-ortho nitro benzene ring substituents is 1. The minimum Gasteiger partial charge on any atom is -0.469 e. The summed E-state index contributed by atoms with van der Waals surface area (Å²) in [6.45, 7) is 0.488. The molecule has 2 heterocycles. The summed E-state index contributed by atoms with van der Waals surface area (Å²) >= 11 is 0. The Labute approximate surface area is 119 Å². The fourth-order valence-corrected chi connectivity index (χ4v) is 2.21. The van der Waals surface area contributed by atoms with Gasteiger partial charge in [0.2, 0.25) is 5.78 Å². The third kappa shape index (κ3) is 2.40. The predicted molar refractivity (Wildman–Crippen MR) is 74.3 cm³/mol. The molecule has 7 nitrogen and oxygen atoms in total. The highest BCUT2D eigenvalue weighted by molar-refractivity contribution is 6.48. The molecule has 1 aromatic heterocycles. The molecule has 21 heavy (non-hydrogen) atoms. The van der Waals surface area contributed by atoms with Crippen molar-refractivity contribution in [2.45, 2.75) is 5.92 Å². The van der Waals surface area contributed by atoms with E-state index in [-0.39, 0.29) is 17.4 Å². The van der Waals surface area contributed by atoms with Gasteiger partial charge in [0.25, 0.3) is 5.69 Å². The number of ketones is 1. The zero-order chi connectivity index (χ0) is 14.8. The second-order valence-corrected chi connectivity index (χ2v) is 4.56. The van der Waals surface area contributed by atoms with Gasteiger partial charge in [-0.25, -0.2) is 0 Å². The predicted octanol–water partition coefficient (Wildman–Crippen LogP) is 2.11. The van der Waals surface area contributed by atoms with Gasteiger partial charge in [-0.1, -0.05) is 0 Å². The minimum absolute atomic E-state index is 0.0550.